The Kier molecular flexibility index (Phi) is 1.85. The number of carbonyl (C=O) groups excluding carboxylic acids is 1. The van der Waals surface area contributed by atoms with Gasteiger partial charge in [0.15, 0.2) is 0 Å². The number of alkyl halides is 3. The third-order valence-corrected chi connectivity index (χ3v) is 2.39. The first-order valence-corrected chi connectivity index (χ1v) is 3.61. The maximum Gasteiger partial charge on any atom is 0.402 e. The molecule has 0 bridgehead atoms. The molecule has 1 saturated heterocycles. The molecule has 1 aliphatic heterocycles. The highest BCUT2D eigenvalue weighted by Gasteiger charge is 2.60. The average molecular weight is 181 g/mol. The summed E-state index contributed by atoms with van der Waals surface area (Å²) in [5.74, 6) is -0.824. The van der Waals surface area contributed by atoms with Gasteiger partial charge in [-0.05, 0) is 13.3 Å². The largest absolute Gasteiger partial charge is 0.402 e. The van der Waals surface area contributed by atoms with Gasteiger partial charge < -0.3 is 4.90 Å². The highest BCUT2D eigenvalue weighted by Crippen LogP contribution is 2.45. The molecule has 1 fully saturated rings. The Balaban J connectivity index is 2.94. The smallest absolute Gasteiger partial charge is 0.345 e. The van der Waals surface area contributed by atoms with Crippen molar-refractivity contribution in [3.8, 4) is 0 Å². The van der Waals surface area contributed by atoms with Crippen LogP contribution in [-0.4, -0.2) is 30.6 Å². The number of carbonyl (C=O) groups is 1. The molecule has 0 aliphatic carbocycles. The zero-order valence-corrected chi connectivity index (χ0v) is 6.90. The van der Waals surface area contributed by atoms with Crippen LogP contribution < -0.4 is 0 Å². The van der Waals surface area contributed by atoms with E-state index in [1.807, 2.05) is 0 Å². The van der Waals surface area contributed by atoms with Gasteiger partial charge in [-0.25, -0.2) is 0 Å². The first kappa shape index (κ1) is 9.35. The number of hydrogen-bond acceptors (Lipinski definition) is 1. The summed E-state index contributed by atoms with van der Waals surface area (Å²) in [6.45, 7) is 1.15. The highest BCUT2D eigenvalue weighted by atomic mass is 19.4. The lowest BCUT2D eigenvalue weighted by Gasteiger charge is -2.24. The van der Waals surface area contributed by atoms with Gasteiger partial charge in [-0.15, -0.1) is 0 Å². The minimum Gasteiger partial charge on any atom is -0.345 e. The van der Waals surface area contributed by atoms with Crippen LogP contribution in [0.5, 0.6) is 0 Å². The summed E-state index contributed by atoms with van der Waals surface area (Å²) in [6, 6.07) is 0. The van der Waals surface area contributed by atoms with Gasteiger partial charge in [0.1, 0.15) is 5.41 Å². The Morgan fingerprint density at radius 2 is 2.00 bits per heavy atom. The molecule has 1 heterocycles. The predicted octanol–water partition coefficient (Wildman–Crippen LogP) is 1.42. The first-order chi connectivity index (χ1) is 5.29. The maximum absolute atomic E-state index is 12.3. The van der Waals surface area contributed by atoms with Gasteiger partial charge in [-0.2, -0.15) is 13.2 Å². The van der Waals surface area contributed by atoms with Crippen molar-refractivity contribution in [2.24, 2.45) is 5.41 Å². The van der Waals surface area contributed by atoms with Crippen LogP contribution in [0.25, 0.3) is 0 Å². The summed E-state index contributed by atoms with van der Waals surface area (Å²) in [5, 5.41) is 0. The van der Waals surface area contributed by atoms with Crippen LogP contribution >= 0.6 is 0 Å². The lowest BCUT2D eigenvalue weighted by atomic mass is 9.88. The lowest BCUT2D eigenvalue weighted by Crippen LogP contribution is -2.42. The van der Waals surface area contributed by atoms with Gasteiger partial charge in [0.25, 0.3) is 0 Å². The van der Waals surface area contributed by atoms with Crippen molar-refractivity contribution in [1.29, 1.82) is 0 Å². The summed E-state index contributed by atoms with van der Waals surface area (Å²) in [7, 11) is 1.39. The third-order valence-electron chi connectivity index (χ3n) is 2.39. The minimum atomic E-state index is -4.42. The SMILES string of the molecule is CN1CCC(C)(C(F)(F)F)C1=O. The molecule has 5 heteroatoms. The van der Waals surface area contributed by atoms with Crippen LogP contribution in [0.2, 0.25) is 0 Å². The van der Waals surface area contributed by atoms with E-state index in [2.05, 4.69) is 0 Å². The molecular formula is C7H10F3NO. The van der Waals surface area contributed by atoms with Crippen molar-refractivity contribution in [3.63, 3.8) is 0 Å². The van der Waals surface area contributed by atoms with Crippen LogP contribution in [-0.2, 0) is 4.79 Å². The molecule has 1 rings (SSSR count). The molecule has 0 radical (unpaired) electrons. The van der Waals surface area contributed by atoms with E-state index in [0.29, 0.717) is 0 Å². The van der Waals surface area contributed by atoms with E-state index < -0.39 is 17.5 Å². The van der Waals surface area contributed by atoms with Gasteiger partial charge in [0.2, 0.25) is 5.91 Å². The van der Waals surface area contributed by atoms with Crippen molar-refractivity contribution >= 4 is 5.91 Å². The Morgan fingerprint density at radius 1 is 1.50 bits per heavy atom. The van der Waals surface area contributed by atoms with Gasteiger partial charge in [0.05, 0.1) is 0 Å². The van der Waals surface area contributed by atoms with Crippen molar-refractivity contribution in [2.45, 2.75) is 19.5 Å². The number of likely N-dealkylation sites (tertiary alicyclic amines) is 1. The number of nitrogens with zero attached hydrogens (tertiary/aromatic N) is 1. The second kappa shape index (κ2) is 2.37. The molecule has 2 nitrogen and oxygen atoms in total. The van der Waals surface area contributed by atoms with Crippen LogP contribution in [0.15, 0.2) is 0 Å². The van der Waals surface area contributed by atoms with Crippen molar-refractivity contribution in [2.75, 3.05) is 13.6 Å². The average Bonchev–Trinajstić information content (AvgIpc) is 2.16. The Hall–Kier alpha value is -0.740. The second-order valence-corrected chi connectivity index (χ2v) is 3.31. The second-order valence-electron chi connectivity index (χ2n) is 3.31. The molecule has 0 saturated carbocycles. The molecular weight excluding hydrogens is 171 g/mol. The Bertz CT molecular complexity index is 213. The fourth-order valence-electron chi connectivity index (χ4n) is 1.28. The monoisotopic (exact) mass is 181 g/mol. The molecule has 70 valence electrons. The van der Waals surface area contributed by atoms with E-state index in [4.69, 9.17) is 0 Å². The van der Waals surface area contributed by atoms with E-state index in [-0.39, 0.29) is 13.0 Å². The maximum atomic E-state index is 12.3. The third kappa shape index (κ3) is 1.07. The van der Waals surface area contributed by atoms with Crippen LogP contribution in [0.3, 0.4) is 0 Å². The Morgan fingerprint density at radius 3 is 2.17 bits per heavy atom. The molecule has 0 aromatic heterocycles. The zero-order chi connectivity index (χ0) is 9.57. The fraction of sp³-hybridized carbons (Fsp3) is 0.857. The fourth-order valence-corrected chi connectivity index (χ4v) is 1.28. The quantitative estimate of drug-likeness (QED) is 0.553. The predicted molar refractivity (Wildman–Crippen MR) is 36.4 cm³/mol. The number of hydrogen-bond donors (Lipinski definition) is 0. The topological polar surface area (TPSA) is 20.3 Å². The molecule has 0 aromatic rings. The highest BCUT2D eigenvalue weighted by molar-refractivity contribution is 5.85. The van der Waals surface area contributed by atoms with Gasteiger partial charge >= 0.3 is 6.18 Å². The first-order valence-electron chi connectivity index (χ1n) is 3.61. The number of halogens is 3. The van der Waals surface area contributed by atoms with E-state index >= 15 is 0 Å². The van der Waals surface area contributed by atoms with E-state index in [0.717, 1.165) is 11.8 Å². The summed E-state index contributed by atoms with van der Waals surface area (Å²) in [6.07, 6.45) is -4.55. The molecule has 1 amide bonds. The van der Waals surface area contributed by atoms with Crippen LogP contribution in [0, 0.1) is 5.41 Å². The van der Waals surface area contributed by atoms with E-state index in [1.54, 1.807) is 0 Å². The van der Waals surface area contributed by atoms with Crippen molar-refractivity contribution in [1.82, 2.24) is 4.90 Å². The van der Waals surface area contributed by atoms with E-state index in [9.17, 15) is 18.0 Å². The van der Waals surface area contributed by atoms with Gasteiger partial charge in [0, 0.05) is 13.6 Å². The zero-order valence-electron chi connectivity index (χ0n) is 6.90. The Labute approximate surface area is 68.3 Å². The molecule has 0 N–H and O–H groups in total. The lowest BCUT2D eigenvalue weighted by molar-refractivity contribution is -0.213. The summed E-state index contributed by atoms with van der Waals surface area (Å²) < 4.78 is 37.0. The standard InChI is InChI=1S/C7H10F3NO/c1-6(7(8,9)10)3-4-11(2)5(6)12/h3-4H2,1-2H3. The summed E-state index contributed by atoms with van der Waals surface area (Å²) in [5.41, 5.74) is -2.15. The van der Waals surface area contributed by atoms with E-state index in [1.165, 1.54) is 7.05 Å². The molecule has 1 unspecified atom stereocenters. The number of amides is 1. The van der Waals surface area contributed by atoms with Crippen molar-refractivity contribution in [3.05, 3.63) is 0 Å². The number of rotatable bonds is 0. The molecule has 1 aliphatic rings. The normalized spacial score (nSPS) is 31.4. The van der Waals surface area contributed by atoms with Crippen molar-refractivity contribution < 1.29 is 18.0 Å². The van der Waals surface area contributed by atoms with Crippen LogP contribution in [0.4, 0.5) is 13.2 Å². The minimum absolute atomic E-state index is 0.133. The summed E-state index contributed by atoms with van der Waals surface area (Å²) in [4.78, 5) is 12.2. The van der Waals surface area contributed by atoms with Gasteiger partial charge in [-0.1, -0.05) is 0 Å². The van der Waals surface area contributed by atoms with Gasteiger partial charge in [-0.3, -0.25) is 4.79 Å². The molecule has 0 spiro atoms. The molecule has 12 heavy (non-hydrogen) atoms. The molecule has 0 aromatic carbocycles. The van der Waals surface area contributed by atoms with Crippen LogP contribution in [0.1, 0.15) is 13.3 Å². The summed E-state index contributed by atoms with van der Waals surface area (Å²) >= 11 is 0. The molecule has 1 atom stereocenters.